The van der Waals surface area contributed by atoms with E-state index in [0.29, 0.717) is 5.82 Å². The summed E-state index contributed by atoms with van der Waals surface area (Å²) in [5, 5.41) is 2.25. The van der Waals surface area contributed by atoms with Gasteiger partial charge in [0.2, 0.25) is 0 Å². The van der Waals surface area contributed by atoms with E-state index >= 15 is 0 Å². The number of benzene rings is 5. The monoisotopic (exact) mass is 565 g/mol. The predicted octanol–water partition coefficient (Wildman–Crippen LogP) is 10.4. The van der Waals surface area contributed by atoms with Crippen LogP contribution in [0.15, 0.2) is 150 Å². The molecule has 0 aliphatic rings. The molecule has 3 heterocycles. The van der Waals surface area contributed by atoms with Gasteiger partial charge in [0.25, 0.3) is 0 Å². The van der Waals surface area contributed by atoms with Crippen molar-refractivity contribution in [3.05, 3.63) is 151 Å². The van der Waals surface area contributed by atoms with Crippen molar-refractivity contribution in [2.24, 2.45) is 0 Å². The van der Waals surface area contributed by atoms with Crippen LogP contribution in [0.3, 0.4) is 0 Å². The third-order valence-electron chi connectivity index (χ3n) is 8.15. The lowest BCUT2D eigenvalue weighted by molar-refractivity contribution is 0.669. The maximum Gasteiger partial charge on any atom is 0.160 e. The molecule has 0 aliphatic heterocycles. The summed E-state index contributed by atoms with van der Waals surface area (Å²) in [4.78, 5) is 14.5. The topological polar surface area (TPSA) is 51.8 Å². The van der Waals surface area contributed by atoms with Gasteiger partial charge in [0, 0.05) is 45.4 Å². The molecule has 0 aliphatic carbocycles. The van der Waals surface area contributed by atoms with Crippen molar-refractivity contribution in [3.8, 4) is 56.2 Å². The number of hydrogen-bond donors (Lipinski definition) is 0. The molecule has 44 heavy (non-hydrogen) atoms. The SMILES string of the molecule is Cc1ccccc1-c1cc(-c2ccc(-c3ccc4oc5ccccc5c4c3)cc2)nc(-c2cccc(-c3cccnc3)c2)n1. The van der Waals surface area contributed by atoms with Crippen molar-refractivity contribution in [2.75, 3.05) is 0 Å². The van der Waals surface area contributed by atoms with Crippen LogP contribution in [-0.2, 0) is 0 Å². The van der Waals surface area contributed by atoms with E-state index in [2.05, 4.69) is 127 Å². The zero-order valence-electron chi connectivity index (χ0n) is 24.1. The molecule has 208 valence electrons. The highest BCUT2D eigenvalue weighted by Gasteiger charge is 2.14. The quantitative estimate of drug-likeness (QED) is 0.208. The summed E-state index contributed by atoms with van der Waals surface area (Å²) in [6, 6.07) is 46.0. The Bertz CT molecular complexity index is 2290. The van der Waals surface area contributed by atoms with E-state index in [1.165, 1.54) is 5.56 Å². The van der Waals surface area contributed by atoms with Gasteiger partial charge in [-0.15, -0.1) is 0 Å². The maximum atomic E-state index is 6.04. The van der Waals surface area contributed by atoms with Crippen molar-refractivity contribution in [1.29, 1.82) is 0 Å². The van der Waals surface area contributed by atoms with Crippen molar-refractivity contribution in [1.82, 2.24) is 15.0 Å². The average molecular weight is 566 g/mol. The predicted molar refractivity (Wildman–Crippen MR) is 179 cm³/mol. The Hall–Kier alpha value is -5.87. The third-order valence-corrected chi connectivity index (χ3v) is 8.15. The largest absolute Gasteiger partial charge is 0.456 e. The van der Waals surface area contributed by atoms with Crippen molar-refractivity contribution < 1.29 is 4.42 Å². The molecule has 0 saturated heterocycles. The van der Waals surface area contributed by atoms with Crippen LogP contribution in [-0.4, -0.2) is 15.0 Å². The molecule has 8 rings (SSSR count). The highest BCUT2D eigenvalue weighted by molar-refractivity contribution is 6.06. The first kappa shape index (κ1) is 25.8. The lowest BCUT2D eigenvalue weighted by Gasteiger charge is -2.12. The normalized spacial score (nSPS) is 11.3. The van der Waals surface area contributed by atoms with Crippen LogP contribution in [0.5, 0.6) is 0 Å². The molecule has 3 aromatic heterocycles. The Morgan fingerprint density at radius 1 is 0.477 bits per heavy atom. The van der Waals surface area contributed by atoms with Crippen LogP contribution in [0.2, 0.25) is 0 Å². The molecule has 4 heteroatoms. The Morgan fingerprint density at radius 2 is 1.18 bits per heavy atom. The van der Waals surface area contributed by atoms with E-state index in [0.717, 1.165) is 72.3 Å². The van der Waals surface area contributed by atoms with Gasteiger partial charge in [-0.3, -0.25) is 4.98 Å². The third kappa shape index (κ3) is 4.73. The highest BCUT2D eigenvalue weighted by atomic mass is 16.3. The van der Waals surface area contributed by atoms with Crippen LogP contribution in [0.1, 0.15) is 5.56 Å². The van der Waals surface area contributed by atoms with E-state index in [9.17, 15) is 0 Å². The fourth-order valence-electron chi connectivity index (χ4n) is 5.83. The number of aryl methyl sites for hydroxylation is 1. The van der Waals surface area contributed by atoms with E-state index in [4.69, 9.17) is 14.4 Å². The summed E-state index contributed by atoms with van der Waals surface area (Å²) in [7, 11) is 0. The summed E-state index contributed by atoms with van der Waals surface area (Å²) in [5.74, 6) is 0.688. The van der Waals surface area contributed by atoms with Gasteiger partial charge in [-0.25, -0.2) is 9.97 Å². The lowest BCUT2D eigenvalue weighted by Crippen LogP contribution is -1.97. The number of rotatable bonds is 5. The van der Waals surface area contributed by atoms with Gasteiger partial charge in [-0.1, -0.05) is 97.1 Å². The first-order valence-corrected chi connectivity index (χ1v) is 14.7. The Balaban J connectivity index is 1.21. The lowest BCUT2D eigenvalue weighted by atomic mass is 9.99. The molecule has 0 saturated carbocycles. The van der Waals surface area contributed by atoms with Gasteiger partial charge in [0.1, 0.15) is 11.2 Å². The number of pyridine rings is 1. The zero-order valence-corrected chi connectivity index (χ0v) is 24.1. The van der Waals surface area contributed by atoms with Gasteiger partial charge in [-0.05, 0) is 65.6 Å². The number of aromatic nitrogens is 3. The summed E-state index contributed by atoms with van der Waals surface area (Å²) >= 11 is 0. The molecular weight excluding hydrogens is 538 g/mol. The van der Waals surface area contributed by atoms with E-state index in [1.54, 1.807) is 6.20 Å². The van der Waals surface area contributed by atoms with Crippen LogP contribution >= 0.6 is 0 Å². The molecule has 0 amide bonds. The van der Waals surface area contributed by atoms with Crippen LogP contribution in [0.4, 0.5) is 0 Å². The minimum absolute atomic E-state index is 0.688. The first-order valence-electron chi connectivity index (χ1n) is 14.7. The standard InChI is InChI=1S/C40H27N3O/c1-26-8-2-3-12-33(26)37-24-36(42-40(43-37)31-10-6-9-29(22-31)32-11-7-21-41-25-32)28-17-15-27(16-18-28)30-19-20-39-35(23-30)34-13-4-5-14-38(34)44-39/h2-25H,1H3. The molecule has 0 atom stereocenters. The molecule has 8 aromatic rings. The van der Waals surface area contributed by atoms with Gasteiger partial charge in [-0.2, -0.15) is 0 Å². The molecule has 0 radical (unpaired) electrons. The summed E-state index contributed by atoms with van der Waals surface area (Å²) in [6.45, 7) is 2.12. The van der Waals surface area contributed by atoms with Crippen LogP contribution in [0.25, 0.3) is 78.1 Å². The number of fused-ring (bicyclic) bond motifs is 3. The van der Waals surface area contributed by atoms with Gasteiger partial charge >= 0.3 is 0 Å². The van der Waals surface area contributed by atoms with E-state index < -0.39 is 0 Å². The second-order valence-electron chi connectivity index (χ2n) is 11.0. The zero-order chi connectivity index (χ0) is 29.5. The van der Waals surface area contributed by atoms with E-state index in [-0.39, 0.29) is 0 Å². The molecule has 0 spiro atoms. The van der Waals surface area contributed by atoms with E-state index in [1.807, 2.05) is 24.4 Å². The maximum absolute atomic E-state index is 6.04. The summed E-state index contributed by atoms with van der Waals surface area (Å²) in [6.07, 6.45) is 3.67. The summed E-state index contributed by atoms with van der Waals surface area (Å²) in [5.41, 5.74) is 12.3. The molecule has 5 aromatic carbocycles. The second-order valence-corrected chi connectivity index (χ2v) is 11.0. The Morgan fingerprint density at radius 3 is 2.05 bits per heavy atom. The summed E-state index contributed by atoms with van der Waals surface area (Å²) < 4.78 is 6.04. The second kappa shape index (κ2) is 10.8. The first-order chi connectivity index (χ1) is 21.7. The molecule has 4 nitrogen and oxygen atoms in total. The fourth-order valence-corrected chi connectivity index (χ4v) is 5.83. The Kier molecular flexibility index (Phi) is 6.31. The highest BCUT2D eigenvalue weighted by Crippen LogP contribution is 2.34. The van der Waals surface area contributed by atoms with Crippen LogP contribution < -0.4 is 0 Å². The Labute approximate surface area is 255 Å². The molecule has 0 N–H and O–H groups in total. The number of hydrogen-bond acceptors (Lipinski definition) is 4. The minimum atomic E-state index is 0.688. The van der Waals surface area contributed by atoms with Gasteiger partial charge in [0.05, 0.1) is 11.4 Å². The van der Waals surface area contributed by atoms with Gasteiger partial charge in [0.15, 0.2) is 5.82 Å². The van der Waals surface area contributed by atoms with Crippen molar-refractivity contribution >= 4 is 21.9 Å². The smallest absolute Gasteiger partial charge is 0.160 e. The van der Waals surface area contributed by atoms with Crippen LogP contribution in [0, 0.1) is 6.92 Å². The molecule has 0 bridgehead atoms. The molecule has 0 fully saturated rings. The number of nitrogens with zero attached hydrogens (tertiary/aromatic N) is 3. The van der Waals surface area contributed by atoms with Crippen molar-refractivity contribution in [3.63, 3.8) is 0 Å². The molecule has 0 unspecified atom stereocenters. The minimum Gasteiger partial charge on any atom is -0.456 e. The van der Waals surface area contributed by atoms with Crippen molar-refractivity contribution in [2.45, 2.75) is 6.92 Å². The average Bonchev–Trinajstić information content (AvgIpc) is 3.47. The fraction of sp³-hybridized carbons (Fsp3) is 0.0250. The number of para-hydroxylation sites is 1. The van der Waals surface area contributed by atoms with Gasteiger partial charge < -0.3 is 4.42 Å². The molecular formula is C40H27N3O. The number of furan rings is 1.